The quantitative estimate of drug-likeness (QED) is 0.618. The molecule has 0 radical (unpaired) electrons. The number of rotatable bonds is 1. The predicted octanol–water partition coefficient (Wildman–Crippen LogP) is 0.163. The van der Waals surface area contributed by atoms with Gasteiger partial charge in [0, 0.05) is 24.8 Å². The lowest BCUT2D eigenvalue weighted by molar-refractivity contribution is 1.08. The molecule has 3 aromatic heterocycles. The average molecular weight is 213 g/mol. The molecule has 0 aromatic carbocycles. The summed E-state index contributed by atoms with van der Waals surface area (Å²) in [6, 6.07) is 1.78. The van der Waals surface area contributed by atoms with Gasteiger partial charge in [-0.25, -0.2) is 15.0 Å². The van der Waals surface area contributed by atoms with Crippen LogP contribution < -0.4 is 5.73 Å². The van der Waals surface area contributed by atoms with Gasteiger partial charge in [0.05, 0.1) is 0 Å². The molecular weight excluding hydrogens is 206 g/mol. The monoisotopic (exact) mass is 213 g/mol. The summed E-state index contributed by atoms with van der Waals surface area (Å²) in [5.41, 5.74) is 6.23. The molecule has 0 atom stereocenters. The summed E-state index contributed by atoms with van der Waals surface area (Å²) in [5.74, 6) is 1.36. The molecule has 3 aromatic rings. The number of anilines is 1. The number of fused-ring (bicyclic) bond motifs is 1. The largest absolute Gasteiger partial charge is 0.382 e. The van der Waals surface area contributed by atoms with E-state index in [0.29, 0.717) is 23.1 Å². The van der Waals surface area contributed by atoms with E-state index < -0.39 is 0 Å². The molecule has 0 fully saturated rings. The normalized spacial score (nSPS) is 10.8. The van der Waals surface area contributed by atoms with Crippen molar-refractivity contribution in [1.82, 2.24) is 29.5 Å². The summed E-state index contributed by atoms with van der Waals surface area (Å²) in [5, 5.41) is 7.91. The van der Waals surface area contributed by atoms with Gasteiger partial charge in [0.1, 0.15) is 0 Å². The molecule has 78 valence electrons. The van der Waals surface area contributed by atoms with Crippen LogP contribution in [0.1, 0.15) is 0 Å². The Balaban J connectivity index is 2.31. The number of hydrogen-bond acceptors (Lipinski definition) is 6. The fourth-order valence-electron chi connectivity index (χ4n) is 1.43. The van der Waals surface area contributed by atoms with Crippen molar-refractivity contribution in [2.75, 3.05) is 5.73 Å². The highest BCUT2D eigenvalue weighted by Crippen LogP contribution is 2.18. The van der Waals surface area contributed by atoms with Crippen LogP contribution >= 0.6 is 0 Å². The topological polar surface area (TPSA) is 94.9 Å². The van der Waals surface area contributed by atoms with Crippen LogP contribution in [0.15, 0.2) is 30.9 Å². The van der Waals surface area contributed by atoms with E-state index in [-0.39, 0.29) is 0 Å². The molecule has 3 rings (SSSR count). The second kappa shape index (κ2) is 3.23. The van der Waals surface area contributed by atoms with Gasteiger partial charge in [-0.3, -0.25) is 4.40 Å². The van der Waals surface area contributed by atoms with E-state index in [2.05, 4.69) is 25.1 Å². The van der Waals surface area contributed by atoms with Crippen LogP contribution in [0.2, 0.25) is 0 Å². The lowest BCUT2D eigenvalue weighted by Crippen LogP contribution is -1.99. The number of aromatic nitrogens is 6. The van der Waals surface area contributed by atoms with Crippen molar-refractivity contribution in [3.63, 3.8) is 0 Å². The van der Waals surface area contributed by atoms with E-state index in [0.717, 1.165) is 0 Å². The van der Waals surface area contributed by atoms with E-state index in [9.17, 15) is 0 Å². The van der Waals surface area contributed by atoms with Gasteiger partial charge in [0.2, 0.25) is 0 Å². The minimum Gasteiger partial charge on any atom is -0.382 e. The zero-order valence-corrected chi connectivity index (χ0v) is 8.15. The molecule has 0 unspecified atom stereocenters. The number of nitrogen functional groups attached to an aromatic ring is 1. The molecule has 7 heteroatoms. The summed E-state index contributed by atoms with van der Waals surface area (Å²) < 4.78 is 1.71. The zero-order chi connectivity index (χ0) is 11.0. The molecule has 7 nitrogen and oxygen atoms in total. The van der Waals surface area contributed by atoms with Crippen LogP contribution in [-0.4, -0.2) is 29.5 Å². The lowest BCUT2D eigenvalue weighted by atomic mass is 10.4. The van der Waals surface area contributed by atoms with Crippen LogP contribution in [-0.2, 0) is 0 Å². The highest BCUT2D eigenvalue weighted by molar-refractivity contribution is 5.64. The highest BCUT2D eigenvalue weighted by Gasteiger charge is 2.12. The van der Waals surface area contributed by atoms with E-state index in [1.807, 2.05) is 0 Å². The van der Waals surface area contributed by atoms with Gasteiger partial charge in [0.15, 0.2) is 17.3 Å². The Morgan fingerprint density at radius 3 is 2.75 bits per heavy atom. The number of hydrogen-bond donors (Lipinski definition) is 1. The maximum atomic E-state index is 5.73. The summed E-state index contributed by atoms with van der Waals surface area (Å²) in [7, 11) is 0. The van der Waals surface area contributed by atoms with Crippen molar-refractivity contribution >= 4 is 11.6 Å². The maximum Gasteiger partial charge on any atom is 0.255 e. The fraction of sp³-hybridized carbons (Fsp3) is 0. The first-order valence-corrected chi connectivity index (χ1v) is 4.59. The maximum absolute atomic E-state index is 5.73. The van der Waals surface area contributed by atoms with E-state index in [1.54, 1.807) is 29.1 Å². The van der Waals surface area contributed by atoms with Gasteiger partial charge >= 0.3 is 0 Å². The Bertz CT molecular complexity index is 645. The molecule has 0 bridgehead atoms. The van der Waals surface area contributed by atoms with Crippen molar-refractivity contribution in [3.05, 3.63) is 30.9 Å². The van der Waals surface area contributed by atoms with Crippen LogP contribution in [0.4, 0.5) is 5.82 Å². The van der Waals surface area contributed by atoms with Gasteiger partial charge in [-0.15, -0.1) is 10.2 Å². The molecule has 3 heterocycles. The Hall–Kier alpha value is -2.57. The molecule has 0 spiro atoms. The van der Waals surface area contributed by atoms with Crippen molar-refractivity contribution < 1.29 is 0 Å². The fourth-order valence-corrected chi connectivity index (χ4v) is 1.43. The number of nitrogens with two attached hydrogens (primary N) is 1. The van der Waals surface area contributed by atoms with Gasteiger partial charge in [-0.05, 0) is 6.07 Å². The second-order valence-corrected chi connectivity index (χ2v) is 3.10. The SMILES string of the molecule is Nc1nccnc1-c1nnc2ncccn12. The Kier molecular flexibility index (Phi) is 1.76. The minimum atomic E-state index is 0.320. The Labute approximate surface area is 90.0 Å². The van der Waals surface area contributed by atoms with E-state index in [4.69, 9.17) is 5.73 Å². The molecule has 0 saturated heterocycles. The first-order chi connectivity index (χ1) is 7.86. The molecular formula is C9H7N7. The third kappa shape index (κ3) is 1.18. The second-order valence-electron chi connectivity index (χ2n) is 3.10. The Morgan fingerprint density at radius 1 is 1.00 bits per heavy atom. The average Bonchev–Trinajstić information content (AvgIpc) is 2.74. The first-order valence-electron chi connectivity index (χ1n) is 4.59. The Morgan fingerprint density at radius 2 is 1.88 bits per heavy atom. The van der Waals surface area contributed by atoms with E-state index >= 15 is 0 Å². The molecule has 0 aliphatic heterocycles. The summed E-state index contributed by atoms with van der Waals surface area (Å²) in [4.78, 5) is 12.1. The van der Waals surface area contributed by atoms with Crippen molar-refractivity contribution in [2.24, 2.45) is 0 Å². The minimum absolute atomic E-state index is 0.320. The van der Waals surface area contributed by atoms with Crippen LogP contribution in [0, 0.1) is 0 Å². The predicted molar refractivity (Wildman–Crippen MR) is 56.2 cm³/mol. The van der Waals surface area contributed by atoms with Crippen molar-refractivity contribution in [3.8, 4) is 11.5 Å². The first kappa shape index (κ1) is 8.72. The van der Waals surface area contributed by atoms with Gasteiger partial charge in [-0.2, -0.15) is 0 Å². The summed E-state index contributed by atoms with van der Waals surface area (Å²) in [6.45, 7) is 0. The smallest absolute Gasteiger partial charge is 0.255 e. The van der Waals surface area contributed by atoms with Gasteiger partial charge in [-0.1, -0.05) is 0 Å². The summed E-state index contributed by atoms with van der Waals surface area (Å²) >= 11 is 0. The van der Waals surface area contributed by atoms with Crippen molar-refractivity contribution in [2.45, 2.75) is 0 Å². The van der Waals surface area contributed by atoms with Gasteiger partial charge in [0.25, 0.3) is 5.78 Å². The van der Waals surface area contributed by atoms with Crippen LogP contribution in [0.5, 0.6) is 0 Å². The summed E-state index contributed by atoms with van der Waals surface area (Å²) in [6.07, 6.45) is 6.53. The molecule has 0 amide bonds. The molecule has 0 aliphatic carbocycles. The number of nitrogens with zero attached hydrogens (tertiary/aromatic N) is 6. The standard InChI is InChI=1S/C9H7N7/c10-7-6(11-3-4-12-7)8-14-15-9-13-2-1-5-16(8)9/h1-5H,(H2,10,12). The lowest BCUT2D eigenvalue weighted by Gasteiger charge is -2.00. The molecule has 0 aliphatic rings. The molecule has 2 N–H and O–H groups in total. The molecule has 16 heavy (non-hydrogen) atoms. The zero-order valence-electron chi connectivity index (χ0n) is 8.15. The third-order valence-corrected chi connectivity index (χ3v) is 2.13. The van der Waals surface area contributed by atoms with Crippen LogP contribution in [0.25, 0.3) is 17.3 Å². The van der Waals surface area contributed by atoms with Gasteiger partial charge < -0.3 is 5.73 Å². The van der Waals surface area contributed by atoms with Crippen molar-refractivity contribution in [1.29, 1.82) is 0 Å². The third-order valence-electron chi connectivity index (χ3n) is 2.13. The highest BCUT2D eigenvalue weighted by atomic mass is 15.3. The molecule has 0 saturated carbocycles. The van der Waals surface area contributed by atoms with Crippen LogP contribution in [0.3, 0.4) is 0 Å². The van der Waals surface area contributed by atoms with E-state index in [1.165, 1.54) is 6.20 Å².